The van der Waals surface area contributed by atoms with Crippen LogP contribution in [0.3, 0.4) is 0 Å². The SMILES string of the molecule is CN(C)C1(CCCCc2[nH]c3ccc(F)cc3c2CCn2ccnn2)CCCCC1. The second kappa shape index (κ2) is 9.29. The van der Waals surface area contributed by atoms with Gasteiger partial charge in [0.05, 0.1) is 6.20 Å². The maximum Gasteiger partial charge on any atom is 0.123 e. The van der Waals surface area contributed by atoms with Gasteiger partial charge in [0.15, 0.2) is 0 Å². The number of aromatic amines is 1. The summed E-state index contributed by atoms with van der Waals surface area (Å²) >= 11 is 0. The zero-order valence-electron chi connectivity index (χ0n) is 18.3. The van der Waals surface area contributed by atoms with Crippen molar-refractivity contribution in [1.29, 1.82) is 0 Å². The molecule has 0 amide bonds. The first-order chi connectivity index (χ1) is 14.6. The molecule has 2 aromatic heterocycles. The van der Waals surface area contributed by atoms with Crippen LogP contribution in [-0.4, -0.2) is 44.5 Å². The Morgan fingerprint density at radius 3 is 2.70 bits per heavy atom. The molecule has 1 fully saturated rings. The minimum atomic E-state index is -0.180. The average Bonchev–Trinajstić information content (AvgIpc) is 3.38. The topological polar surface area (TPSA) is 49.7 Å². The number of H-pyrrole nitrogens is 1. The number of unbranched alkanes of at least 4 members (excludes halogenated alkanes) is 1. The Labute approximate surface area is 178 Å². The summed E-state index contributed by atoms with van der Waals surface area (Å²) in [7, 11) is 4.50. The predicted octanol–water partition coefficient (Wildman–Crippen LogP) is 5.12. The summed E-state index contributed by atoms with van der Waals surface area (Å²) in [4.78, 5) is 6.04. The molecule has 5 nitrogen and oxygen atoms in total. The summed E-state index contributed by atoms with van der Waals surface area (Å²) in [6.07, 6.45) is 15.8. The Kier molecular flexibility index (Phi) is 6.52. The molecular weight excluding hydrogens is 377 g/mol. The minimum Gasteiger partial charge on any atom is -0.358 e. The molecular formula is C24H34FN5. The van der Waals surface area contributed by atoms with Gasteiger partial charge in [-0.3, -0.25) is 4.68 Å². The number of nitrogens with one attached hydrogen (secondary N) is 1. The number of benzene rings is 1. The van der Waals surface area contributed by atoms with Crippen molar-refractivity contribution in [3.63, 3.8) is 0 Å². The Morgan fingerprint density at radius 2 is 1.97 bits per heavy atom. The normalized spacial score (nSPS) is 16.5. The third-order valence-electron chi connectivity index (χ3n) is 7.07. The lowest BCUT2D eigenvalue weighted by Gasteiger charge is -2.43. The van der Waals surface area contributed by atoms with Gasteiger partial charge in [0.2, 0.25) is 0 Å². The second-order valence-electron chi connectivity index (χ2n) is 9.07. The lowest BCUT2D eigenvalue weighted by molar-refractivity contribution is 0.0875. The van der Waals surface area contributed by atoms with Gasteiger partial charge in [-0.05, 0) is 76.4 Å². The number of halogens is 1. The van der Waals surface area contributed by atoms with E-state index in [0.29, 0.717) is 5.54 Å². The third-order valence-corrected chi connectivity index (χ3v) is 7.07. The summed E-state index contributed by atoms with van der Waals surface area (Å²) < 4.78 is 15.8. The van der Waals surface area contributed by atoms with Crippen LogP contribution >= 0.6 is 0 Å². The Balaban J connectivity index is 1.44. The van der Waals surface area contributed by atoms with Gasteiger partial charge in [-0.15, -0.1) is 5.10 Å². The van der Waals surface area contributed by atoms with Gasteiger partial charge >= 0.3 is 0 Å². The summed E-state index contributed by atoms with van der Waals surface area (Å²) in [6, 6.07) is 5.05. The van der Waals surface area contributed by atoms with E-state index in [4.69, 9.17) is 0 Å². The van der Waals surface area contributed by atoms with Crippen LogP contribution in [0.15, 0.2) is 30.6 Å². The molecule has 0 bridgehead atoms. The Hall–Kier alpha value is -2.21. The minimum absolute atomic E-state index is 0.180. The molecule has 3 aromatic rings. The molecule has 0 atom stereocenters. The van der Waals surface area contributed by atoms with Crippen LogP contribution in [-0.2, 0) is 19.4 Å². The molecule has 2 heterocycles. The zero-order valence-corrected chi connectivity index (χ0v) is 18.3. The van der Waals surface area contributed by atoms with Crippen LogP contribution < -0.4 is 0 Å². The lowest BCUT2D eigenvalue weighted by atomic mass is 9.77. The highest BCUT2D eigenvalue weighted by Gasteiger charge is 2.33. The molecule has 1 aliphatic rings. The first-order valence-corrected chi connectivity index (χ1v) is 11.4. The van der Waals surface area contributed by atoms with Crippen molar-refractivity contribution in [2.45, 2.75) is 76.3 Å². The molecule has 162 valence electrons. The van der Waals surface area contributed by atoms with E-state index in [2.05, 4.69) is 34.3 Å². The van der Waals surface area contributed by atoms with Crippen molar-refractivity contribution in [3.8, 4) is 0 Å². The van der Waals surface area contributed by atoms with Gasteiger partial charge in [0, 0.05) is 34.9 Å². The van der Waals surface area contributed by atoms with Gasteiger partial charge < -0.3 is 9.88 Å². The molecule has 0 aliphatic heterocycles. The maximum atomic E-state index is 13.9. The molecule has 30 heavy (non-hydrogen) atoms. The molecule has 4 rings (SSSR count). The number of aryl methyl sites for hydroxylation is 3. The maximum absolute atomic E-state index is 13.9. The molecule has 0 radical (unpaired) electrons. The zero-order chi connectivity index (χ0) is 21.0. The number of aromatic nitrogens is 4. The fraction of sp³-hybridized carbons (Fsp3) is 0.583. The van der Waals surface area contributed by atoms with Crippen LogP contribution in [0.4, 0.5) is 4.39 Å². The van der Waals surface area contributed by atoms with E-state index in [9.17, 15) is 4.39 Å². The first-order valence-electron chi connectivity index (χ1n) is 11.4. The van der Waals surface area contributed by atoms with Crippen LogP contribution in [0.5, 0.6) is 0 Å². The number of fused-ring (bicyclic) bond motifs is 1. The van der Waals surface area contributed by atoms with Crippen LogP contribution in [0.25, 0.3) is 10.9 Å². The van der Waals surface area contributed by atoms with Crippen LogP contribution in [0.2, 0.25) is 0 Å². The van der Waals surface area contributed by atoms with Crippen molar-refractivity contribution in [2.75, 3.05) is 14.1 Å². The largest absolute Gasteiger partial charge is 0.358 e. The fourth-order valence-electron chi connectivity index (χ4n) is 5.24. The van der Waals surface area contributed by atoms with Crippen molar-refractivity contribution >= 4 is 10.9 Å². The van der Waals surface area contributed by atoms with Gasteiger partial charge in [0.1, 0.15) is 5.82 Å². The average molecular weight is 412 g/mol. The first kappa shape index (κ1) is 21.0. The smallest absolute Gasteiger partial charge is 0.123 e. The number of hydrogen-bond donors (Lipinski definition) is 1. The quantitative estimate of drug-likeness (QED) is 0.497. The second-order valence-corrected chi connectivity index (χ2v) is 9.07. The highest BCUT2D eigenvalue weighted by Crippen LogP contribution is 2.36. The van der Waals surface area contributed by atoms with E-state index in [1.54, 1.807) is 12.3 Å². The van der Waals surface area contributed by atoms with Gasteiger partial charge in [0.25, 0.3) is 0 Å². The standard InChI is InChI=1S/C24H34FN5/c1-29(2)24(12-5-3-6-13-24)14-7-4-8-22-20(11-16-30-17-15-26-28-30)21-18-19(25)9-10-23(21)27-22/h9-10,15,17-18,27H,3-8,11-14,16H2,1-2H3. The lowest BCUT2D eigenvalue weighted by Crippen LogP contribution is -2.45. The van der Waals surface area contributed by atoms with E-state index < -0.39 is 0 Å². The molecule has 1 saturated carbocycles. The number of nitrogens with zero attached hydrogens (tertiary/aromatic N) is 4. The van der Waals surface area contributed by atoms with E-state index in [0.717, 1.165) is 36.7 Å². The molecule has 6 heteroatoms. The molecule has 0 saturated heterocycles. The highest BCUT2D eigenvalue weighted by atomic mass is 19.1. The van der Waals surface area contributed by atoms with Crippen molar-refractivity contribution in [3.05, 3.63) is 47.7 Å². The van der Waals surface area contributed by atoms with Crippen molar-refractivity contribution in [1.82, 2.24) is 24.9 Å². The van der Waals surface area contributed by atoms with E-state index >= 15 is 0 Å². The van der Waals surface area contributed by atoms with Crippen molar-refractivity contribution < 1.29 is 4.39 Å². The van der Waals surface area contributed by atoms with Gasteiger partial charge in [-0.1, -0.05) is 30.9 Å². The third kappa shape index (κ3) is 4.59. The van der Waals surface area contributed by atoms with E-state index in [1.165, 1.54) is 62.3 Å². The summed E-state index contributed by atoms with van der Waals surface area (Å²) in [5.74, 6) is -0.180. The van der Waals surface area contributed by atoms with E-state index in [-0.39, 0.29) is 5.82 Å². The predicted molar refractivity (Wildman–Crippen MR) is 119 cm³/mol. The molecule has 1 aliphatic carbocycles. The van der Waals surface area contributed by atoms with Crippen LogP contribution in [0, 0.1) is 5.82 Å². The Bertz CT molecular complexity index is 938. The Morgan fingerprint density at radius 1 is 1.13 bits per heavy atom. The summed E-state index contributed by atoms with van der Waals surface area (Å²) in [5.41, 5.74) is 3.88. The van der Waals surface area contributed by atoms with Gasteiger partial charge in [-0.25, -0.2) is 4.39 Å². The molecule has 1 aromatic carbocycles. The van der Waals surface area contributed by atoms with Gasteiger partial charge in [-0.2, -0.15) is 0 Å². The number of rotatable bonds is 9. The number of hydrogen-bond acceptors (Lipinski definition) is 3. The monoisotopic (exact) mass is 411 g/mol. The summed E-state index contributed by atoms with van der Waals surface area (Å²) in [6.45, 7) is 0.750. The molecule has 1 N–H and O–H groups in total. The summed E-state index contributed by atoms with van der Waals surface area (Å²) in [5, 5.41) is 8.96. The van der Waals surface area contributed by atoms with E-state index in [1.807, 2.05) is 16.9 Å². The highest BCUT2D eigenvalue weighted by molar-refractivity contribution is 5.84. The fourth-order valence-corrected chi connectivity index (χ4v) is 5.24. The molecule has 0 unspecified atom stereocenters. The van der Waals surface area contributed by atoms with Crippen LogP contribution in [0.1, 0.15) is 62.6 Å². The van der Waals surface area contributed by atoms with Crippen molar-refractivity contribution in [2.24, 2.45) is 0 Å². The molecule has 0 spiro atoms.